The molecule has 0 aliphatic rings. The summed E-state index contributed by atoms with van der Waals surface area (Å²) < 4.78 is 2.37. The molecular formula is C7H7N3O2. The highest BCUT2D eigenvalue weighted by Crippen LogP contribution is 1.93. The van der Waals surface area contributed by atoms with Crippen LogP contribution in [0.25, 0.3) is 5.65 Å². The van der Waals surface area contributed by atoms with Gasteiger partial charge >= 0.3 is 5.69 Å². The predicted octanol–water partition coefficient (Wildman–Crippen LogP) is -0.554. The van der Waals surface area contributed by atoms with Gasteiger partial charge in [0.1, 0.15) is 6.73 Å². The van der Waals surface area contributed by atoms with Crippen LogP contribution in [0, 0.1) is 0 Å². The Kier molecular flexibility index (Phi) is 1.44. The molecule has 0 aliphatic heterocycles. The van der Waals surface area contributed by atoms with Crippen molar-refractivity contribution in [1.29, 1.82) is 0 Å². The van der Waals surface area contributed by atoms with E-state index >= 15 is 0 Å². The zero-order chi connectivity index (χ0) is 8.55. The van der Waals surface area contributed by atoms with Gasteiger partial charge in [-0.05, 0) is 12.1 Å². The number of aliphatic hydroxyl groups excluding tert-OH is 1. The Morgan fingerprint density at radius 1 is 1.50 bits per heavy atom. The number of pyridine rings is 1. The Morgan fingerprint density at radius 3 is 3.00 bits per heavy atom. The van der Waals surface area contributed by atoms with E-state index in [4.69, 9.17) is 5.11 Å². The molecule has 0 amide bonds. The van der Waals surface area contributed by atoms with Crippen molar-refractivity contribution in [2.24, 2.45) is 0 Å². The molecule has 0 spiro atoms. The lowest BCUT2D eigenvalue weighted by molar-refractivity contribution is 0.191. The van der Waals surface area contributed by atoms with Gasteiger partial charge in [0.05, 0.1) is 0 Å². The average molecular weight is 165 g/mol. The third kappa shape index (κ3) is 0.835. The lowest BCUT2D eigenvalue weighted by Crippen LogP contribution is -2.20. The molecule has 2 heterocycles. The number of aliphatic hydroxyl groups is 1. The van der Waals surface area contributed by atoms with Crippen molar-refractivity contribution in [2.45, 2.75) is 6.73 Å². The van der Waals surface area contributed by atoms with Gasteiger partial charge in [0.2, 0.25) is 0 Å². The van der Waals surface area contributed by atoms with Crippen LogP contribution in [0.15, 0.2) is 29.2 Å². The Morgan fingerprint density at radius 2 is 2.33 bits per heavy atom. The highest BCUT2D eigenvalue weighted by Gasteiger charge is 2.02. The summed E-state index contributed by atoms with van der Waals surface area (Å²) in [7, 11) is 0. The van der Waals surface area contributed by atoms with Gasteiger partial charge in [0.15, 0.2) is 5.65 Å². The third-order valence-electron chi connectivity index (χ3n) is 1.62. The van der Waals surface area contributed by atoms with Crippen LogP contribution in [0.3, 0.4) is 0 Å². The molecule has 0 saturated heterocycles. The fourth-order valence-corrected chi connectivity index (χ4v) is 1.06. The Balaban J connectivity index is 2.88. The van der Waals surface area contributed by atoms with Crippen molar-refractivity contribution < 1.29 is 5.11 Å². The molecule has 0 atom stereocenters. The Hall–Kier alpha value is -1.62. The summed E-state index contributed by atoms with van der Waals surface area (Å²) in [6.45, 7) is -0.388. The van der Waals surface area contributed by atoms with E-state index in [9.17, 15) is 4.79 Å². The van der Waals surface area contributed by atoms with Crippen molar-refractivity contribution in [1.82, 2.24) is 14.2 Å². The monoisotopic (exact) mass is 165 g/mol. The normalized spacial score (nSPS) is 10.8. The minimum atomic E-state index is -0.388. The molecule has 5 nitrogen and oxygen atoms in total. The molecule has 0 unspecified atom stereocenters. The van der Waals surface area contributed by atoms with E-state index in [1.165, 1.54) is 4.40 Å². The molecule has 0 radical (unpaired) electrons. The van der Waals surface area contributed by atoms with Crippen LogP contribution < -0.4 is 5.69 Å². The van der Waals surface area contributed by atoms with Crippen LogP contribution in [0.1, 0.15) is 0 Å². The SMILES string of the molecule is O=c1n(CO)nc2ccccn12. The molecule has 62 valence electrons. The first-order chi connectivity index (χ1) is 5.83. The first-order valence-corrected chi connectivity index (χ1v) is 3.48. The van der Waals surface area contributed by atoms with E-state index in [1.807, 2.05) is 0 Å². The summed E-state index contributed by atoms with van der Waals surface area (Å²) >= 11 is 0. The smallest absolute Gasteiger partial charge is 0.352 e. The maximum atomic E-state index is 11.3. The molecule has 0 aromatic carbocycles. The molecule has 1 N–H and O–H groups in total. The molecule has 5 heteroatoms. The summed E-state index contributed by atoms with van der Waals surface area (Å²) in [6, 6.07) is 5.22. The maximum Gasteiger partial charge on any atom is 0.352 e. The van der Waals surface area contributed by atoms with Crippen LogP contribution in [0.5, 0.6) is 0 Å². The number of fused-ring (bicyclic) bond motifs is 1. The van der Waals surface area contributed by atoms with Gasteiger partial charge in [-0.25, -0.2) is 4.79 Å². The molecule has 0 fully saturated rings. The van der Waals surface area contributed by atoms with Gasteiger partial charge in [-0.2, -0.15) is 4.68 Å². The third-order valence-corrected chi connectivity index (χ3v) is 1.62. The fraction of sp³-hybridized carbons (Fsp3) is 0.143. The molecular weight excluding hydrogens is 158 g/mol. The molecule has 12 heavy (non-hydrogen) atoms. The largest absolute Gasteiger partial charge is 0.374 e. The van der Waals surface area contributed by atoms with Crippen molar-refractivity contribution in [3.8, 4) is 0 Å². The van der Waals surface area contributed by atoms with E-state index in [2.05, 4.69) is 5.10 Å². The molecule has 0 bridgehead atoms. The first-order valence-electron chi connectivity index (χ1n) is 3.48. The molecule has 2 aromatic rings. The lowest BCUT2D eigenvalue weighted by Gasteiger charge is -1.85. The van der Waals surface area contributed by atoms with Crippen LogP contribution in [-0.4, -0.2) is 19.3 Å². The van der Waals surface area contributed by atoms with E-state index in [-0.39, 0.29) is 12.4 Å². The van der Waals surface area contributed by atoms with Gasteiger partial charge in [0.25, 0.3) is 0 Å². The maximum absolute atomic E-state index is 11.3. The van der Waals surface area contributed by atoms with Gasteiger partial charge in [-0.15, -0.1) is 5.10 Å². The summed E-state index contributed by atoms with van der Waals surface area (Å²) in [5.74, 6) is 0. The van der Waals surface area contributed by atoms with Crippen LogP contribution >= 0.6 is 0 Å². The zero-order valence-corrected chi connectivity index (χ0v) is 6.21. The standard InChI is InChI=1S/C7H7N3O2/c11-5-10-7(12)9-4-2-1-3-6(9)8-10/h1-4,11H,5H2. The lowest BCUT2D eigenvalue weighted by atomic mass is 10.5. The van der Waals surface area contributed by atoms with Gasteiger partial charge in [0, 0.05) is 6.20 Å². The summed E-state index contributed by atoms with van der Waals surface area (Å²) in [4.78, 5) is 11.3. The summed E-state index contributed by atoms with van der Waals surface area (Å²) in [6.07, 6.45) is 1.61. The number of nitrogens with zero attached hydrogens (tertiary/aromatic N) is 3. The van der Waals surface area contributed by atoms with Crippen molar-refractivity contribution in [2.75, 3.05) is 0 Å². The molecule has 0 saturated carbocycles. The molecule has 0 aliphatic carbocycles. The highest BCUT2D eigenvalue weighted by molar-refractivity contribution is 5.35. The van der Waals surface area contributed by atoms with Crippen molar-refractivity contribution >= 4 is 5.65 Å². The van der Waals surface area contributed by atoms with Crippen LogP contribution in [0.4, 0.5) is 0 Å². The fourth-order valence-electron chi connectivity index (χ4n) is 1.06. The number of hydrogen-bond donors (Lipinski definition) is 1. The minimum Gasteiger partial charge on any atom is -0.374 e. The summed E-state index contributed by atoms with van der Waals surface area (Å²) in [5.41, 5.74) is 0.213. The molecule has 2 aromatic heterocycles. The predicted molar refractivity (Wildman–Crippen MR) is 41.7 cm³/mol. The van der Waals surface area contributed by atoms with Gasteiger partial charge in [-0.1, -0.05) is 6.07 Å². The van der Waals surface area contributed by atoms with E-state index in [1.54, 1.807) is 24.4 Å². The zero-order valence-electron chi connectivity index (χ0n) is 6.21. The second-order valence-electron chi connectivity index (χ2n) is 2.35. The van der Waals surface area contributed by atoms with E-state index in [0.29, 0.717) is 5.65 Å². The second-order valence-corrected chi connectivity index (χ2v) is 2.35. The first kappa shape index (κ1) is 7.05. The van der Waals surface area contributed by atoms with E-state index < -0.39 is 0 Å². The topological polar surface area (TPSA) is 59.5 Å². The number of aromatic nitrogens is 3. The highest BCUT2D eigenvalue weighted by atomic mass is 16.3. The van der Waals surface area contributed by atoms with Crippen molar-refractivity contribution in [3.05, 3.63) is 34.9 Å². The second kappa shape index (κ2) is 2.46. The van der Waals surface area contributed by atoms with Gasteiger partial charge < -0.3 is 5.11 Å². The van der Waals surface area contributed by atoms with E-state index in [0.717, 1.165) is 4.68 Å². The van der Waals surface area contributed by atoms with Crippen LogP contribution in [0.2, 0.25) is 0 Å². The number of hydrogen-bond acceptors (Lipinski definition) is 3. The average Bonchev–Trinajstić information content (AvgIpc) is 2.44. The van der Waals surface area contributed by atoms with Crippen molar-refractivity contribution in [3.63, 3.8) is 0 Å². The number of rotatable bonds is 1. The Labute approximate surface area is 67.5 Å². The quantitative estimate of drug-likeness (QED) is 0.616. The molecule has 2 rings (SSSR count). The summed E-state index contributed by atoms with van der Waals surface area (Å²) in [5, 5.41) is 12.6. The Bertz CT molecular complexity index is 457. The van der Waals surface area contributed by atoms with Crippen LogP contribution in [-0.2, 0) is 6.73 Å². The van der Waals surface area contributed by atoms with Gasteiger partial charge in [-0.3, -0.25) is 4.40 Å². The minimum absolute atomic E-state index is 0.326.